The second kappa shape index (κ2) is 6.18. The third kappa shape index (κ3) is 3.68. The maximum Gasteiger partial charge on any atom is 0.134 e. The molecule has 0 aliphatic rings. The van der Waals surface area contributed by atoms with E-state index in [1.165, 1.54) is 11.9 Å². The molecule has 1 unspecified atom stereocenters. The number of anilines is 2. The quantitative estimate of drug-likeness (QED) is 0.863. The summed E-state index contributed by atoms with van der Waals surface area (Å²) < 4.78 is 0. The van der Waals surface area contributed by atoms with E-state index >= 15 is 0 Å². The Bertz CT molecular complexity index is 525. The summed E-state index contributed by atoms with van der Waals surface area (Å²) in [4.78, 5) is 8.20. The van der Waals surface area contributed by atoms with E-state index in [2.05, 4.69) is 46.5 Å². The van der Waals surface area contributed by atoms with Gasteiger partial charge >= 0.3 is 0 Å². The van der Waals surface area contributed by atoms with Crippen LogP contribution in [0.3, 0.4) is 0 Å². The van der Waals surface area contributed by atoms with Crippen molar-refractivity contribution < 1.29 is 0 Å². The molecule has 0 aliphatic carbocycles. The van der Waals surface area contributed by atoms with E-state index in [1.54, 1.807) is 0 Å². The predicted octanol–water partition coefficient (Wildman–Crippen LogP) is 2.80. The highest BCUT2D eigenvalue weighted by molar-refractivity contribution is 5.54. The molecule has 2 rings (SSSR count). The number of nitrogen functional groups attached to an aromatic ring is 1. The van der Waals surface area contributed by atoms with Gasteiger partial charge in [0, 0.05) is 11.6 Å². The van der Waals surface area contributed by atoms with Crippen molar-refractivity contribution in [1.82, 2.24) is 9.97 Å². The van der Waals surface area contributed by atoms with Crippen LogP contribution in [0.2, 0.25) is 0 Å². The van der Waals surface area contributed by atoms with Crippen LogP contribution in [0.4, 0.5) is 11.6 Å². The molecular weight excluding hydrogens is 236 g/mol. The minimum absolute atomic E-state index is 0.341. The van der Waals surface area contributed by atoms with Crippen LogP contribution in [-0.2, 0) is 6.42 Å². The first-order chi connectivity index (χ1) is 9.16. The monoisotopic (exact) mass is 256 g/mol. The zero-order chi connectivity index (χ0) is 13.7. The number of aromatic nitrogens is 2. The minimum Gasteiger partial charge on any atom is -0.383 e. The summed E-state index contributed by atoms with van der Waals surface area (Å²) in [5.41, 5.74) is 8.04. The molecule has 0 saturated heterocycles. The summed E-state index contributed by atoms with van der Waals surface area (Å²) >= 11 is 0. The Labute approximate surface area is 114 Å². The zero-order valence-electron chi connectivity index (χ0n) is 11.4. The number of aryl methyl sites for hydroxylation is 1. The lowest BCUT2D eigenvalue weighted by Crippen LogP contribution is -2.18. The molecule has 100 valence electrons. The highest BCUT2D eigenvalue weighted by Gasteiger charge is 2.08. The van der Waals surface area contributed by atoms with Crippen LogP contribution in [0.1, 0.15) is 24.5 Å². The Morgan fingerprint density at radius 3 is 2.68 bits per heavy atom. The van der Waals surface area contributed by atoms with Crippen molar-refractivity contribution in [3.63, 3.8) is 0 Å². The second-order valence-corrected chi connectivity index (χ2v) is 4.80. The van der Waals surface area contributed by atoms with Gasteiger partial charge in [-0.05, 0) is 32.3 Å². The maximum absolute atomic E-state index is 5.77. The molecule has 0 aliphatic heterocycles. The summed E-state index contributed by atoms with van der Waals surface area (Å²) in [6.45, 7) is 4.09. The summed E-state index contributed by atoms with van der Waals surface area (Å²) in [5.74, 6) is 1.36. The number of rotatable bonds is 5. The average molecular weight is 256 g/mol. The molecule has 0 amide bonds. The fourth-order valence-corrected chi connectivity index (χ4v) is 1.94. The average Bonchev–Trinajstić information content (AvgIpc) is 2.43. The van der Waals surface area contributed by atoms with Crippen LogP contribution in [0, 0.1) is 6.92 Å². The lowest BCUT2D eigenvalue weighted by Gasteiger charge is -2.16. The van der Waals surface area contributed by atoms with Crippen molar-refractivity contribution in [3.05, 3.63) is 47.8 Å². The van der Waals surface area contributed by atoms with Crippen molar-refractivity contribution in [1.29, 1.82) is 0 Å². The van der Waals surface area contributed by atoms with Crippen LogP contribution >= 0.6 is 0 Å². The lowest BCUT2D eigenvalue weighted by molar-refractivity contribution is 0.701. The molecule has 0 radical (unpaired) electrons. The Kier molecular flexibility index (Phi) is 4.34. The first kappa shape index (κ1) is 13.3. The molecule has 0 fully saturated rings. The molecule has 1 heterocycles. The van der Waals surface area contributed by atoms with Gasteiger partial charge in [-0.25, -0.2) is 9.97 Å². The van der Waals surface area contributed by atoms with Gasteiger partial charge in [0.1, 0.15) is 18.0 Å². The molecule has 0 spiro atoms. The van der Waals surface area contributed by atoms with E-state index in [4.69, 9.17) is 5.73 Å². The summed E-state index contributed by atoms with van der Waals surface area (Å²) in [6, 6.07) is 10.8. The molecule has 3 N–H and O–H groups in total. The van der Waals surface area contributed by atoms with Crippen LogP contribution in [0.15, 0.2) is 36.7 Å². The van der Waals surface area contributed by atoms with E-state index in [0.717, 1.165) is 24.2 Å². The highest BCUT2D eigenvalue weighted by atomic mass is 15.0. The molecule has 2 aromatic rings. The fraction of sp³-hybridized carbons (Fsp3) is 0.333. The Balaban J connectivity index is 1.91. The minimum atomic E-state index is 0.341. The smallest absolute Gasteiger partial charge is 0.134 e. The van der Waals surface area contributed by atoms with Crippen molar-refractivity contribution in [3.8, 4) is 0 Å². The molecule has 0 bridgehead atoms. The summed E-state index contributed by atoms with van der Waals surface area (Å²) in [5, 5.41) is 3.39. The lowest BCUT2D eigenvalue weighted by atomic mass is 10.1. The molecule has 1 atom stereocenters. The van der Waals surface area contributed by atoms with E-state index in [1.807, 2.05) is 13.0 Å². The van der Waals surface area contributed by atoms with Crippen LogP contribution < -0.4 is 11.1 Å². The molecular formula is C15H20N4. The third-order valence-corrected chi connectivity index (χ3v) is 3.22. The van der Waals surface area contributed by atoms with Crippen molar-refractivity contribution >= 4 is 11.6 Å². The highest BCUT2D eigenvalue weighted by Crippen LogP contribution is 2.17. The Morgan fingerprint density at radius 2 is 1.95 bits per heavy atom. The van der Waals surface area contributed by atoms with Crippen molar-refractivity contribution in [2.24, 2.45) is 0 Å². The zero-order valence-corrected chi connectivity index (χ0v) is 11.4. The standard InChI is InChI=1S/C15H20N4/c1-11(8-9-13-6-4-3-5-7-13)19-15-12(2)14(16)17-10-18-15/h3-7,10-11H,8-9H2,1-2H3,(H3,16,17,18,19). The molecule has 1 aromatic carbocycles. The number of nitrogens with zero attached hydrogens (tertiary/aromatic N) is 2. The Morgan fingerprint density at radius 1 is 1.21 bits per heavy atom. The van der Waals surface area contributed by atoms with Gasteiger partial charge in [0.2, 0.25) is 0 Å². The van der Waals surface area contributed by atoms with Gasteiger partial charge < -0.3 is 11.1 Å². The first-order valence-electron chi connectivity index (χ1n) is 6.54. The van der Waals surface area contributed by atoms with E-state index in [0.29, 0.717) is 11.9 Å². The van der Waals surface area contributed by atoms with Gasteiger partial charge in [-0.2, -0.15) is 0 Å². The topological polar surface area (TPSA) is 63.8 Å². The number of benzene rings is 1. The number of nitrogens with two attached hydrogens (primary N) is 1. The van der Waals surface area contributed by atoms with Gasteiger partial charge in [0.25, 0.3) is 0 Å². The fourth-order valence-electron chi connectivity index (χ4n) is 1.94. The van der Waals surface area contributed by atoms with Crippen LogP contribution in [0.25, 0.3) is 0 Å². The summed E-state index contributed by atoms with van der Waals surface area (Å²) in [6.07, 6.45) is 3.59. The van der Waals surface area contributed by atoms with Gasteiger partial charge in [-0.1, -0.05) is 30.3 Å². The van der Waals surface area contributed by atoms with Gasteiger partial charge in [0.15, 0.2) is 0 Å². The van der Waals surface area contributed by atoms with E-state index in [9.17, 15) is 0 Å². The van der Waals surface area contributed by atoms with Crippen molar-refractivity contribution in [2.45, 2.75) is 32.7 Å². The SMILES string of the molecule is Cc1c(N)ncnc1NC(C)CCc1ccccc1. The predicted molar refractivity (Wildman–Crippen MR) is 79.0 cm³/mol. The van der Waals surface area contributed by atoms with E-state index < -0.39 is 0 Å². The van der Waals surface area contributed by atoms with Gasteiger partial charge in [-0.15, -0.1) is 0 Å². The molecule has 4 heteroatoms. The largest absolute Gasteiger partial charge is 0.383 e. The van der Waals surface area contributed by atoms with E-state index in [-0.39, 0.29) is 0 Å². The molecule has 0 saturated carbocycles. The summed E-state index contributed by atoms with van der Waals surface area (Å²) in [7, 11) is 0. The maximum atomic E-state index is 5.77. The van der Waals surface area contributed by atoms with Gasteiger partial charge in [-0.3, -0.25) is 0 Å². The number of nitrogens with one attached hydrogen (secondary N) is 1. The van der Waals surface area contributed by atoms with Crippen LogP contribution in [-0.4, -0.2) is 16.0 Å². The molecule has 19 heavy (non-hydrogen) atoms. The first-order valence-corrected chi connectivity index (χ1v) is 6.54. The number of hydrogen-bond acceptors (Lipinski definition) is 4. The normalized spacial score (nSPS) is 12.1. The van der Waals surface area contributed by atoms with Crippen molar-refractivity contribution in [2.75, 3.05) is 11.1 Å². The Hall–Kier alpha value is -2.10. The van der Waals surface area contributed by atoms with Crippen LogP contribution in [0.5, 0.6) is 0 Å². The second-order valence-electron chi connectivity index (χ2n) is 4.80. The molecule has 1 aromatic heterocycles. The van der Waals surface area contributed by atoms with Gasteiger partial charge in [0.05, 0.1) is 0 Å². The molecule has 4 nitrogen and oxygen atoms in total. The number of hydrogen-bond donors (Lipinski definition) is 2. The third-order valence-electron chi connectivity index (χ3n) is 3.22.